The molecule has 0 aliphatic heterocycles. The summed E-state index contributed by atoms with van der Waals surface area (Å²) < 4.78 is 4.68. The molecule has 1 heterocycles. The SMILES string of the molecule is COC(=O)CN(Cc1ccccc1C)C(=O)c1cnc(Cl)c(Cl)c1. The van der Waals surface area contributed by atoms with Crippen molar-refractivity contribution in [1.82, 2.24) is 9.88 Å². The molecule has 1 aromatic carbocycles. The highest BCUT2D eigenvalue weighted by Crippen LogP contribution is 2.21. The van der Waals surface area contributed by atoms with Gasteiger partial charge < -0.3 is 9.64 Å². The lowest BCUT2D eigenvalue weighted by atomic mass is 10.1. The number of carbonyl (C=O) groups is 2. The zero-order valence-corrected chi connectivity index (χ0v) is 14.8. The molecule has 0 spiro atoms. The Morgan fingerprint density at radius 3 is 2.58 bits per heavy atom. The van der Waals surface area contributed by atoms with Crippen molar-refractivity contribution in [2.75, 3.05) is 13.7 Å². The molecule has 0 fully saturated rings. The maximum Gasteiger partial charge on any atom is 0.325 e. The largest absolute Gasteiger partial charge is 0.468 e. The minimum absolute atomic E-state index is 0.117. The van der Waals surface area contributed by atoms with Gasteiger partial charge in [-0.1, -0.05) is 47.5 Å². The molecule has 0 aliphatic carbocycles. The Bertz CT molecular complexity index is 765. The van der Waals surface area contributed by atoms with Crippen LogP contribution in [-0.2, 0) is 16.1 Å². The van der Waals surface area contributed by atoms with Crippen LogP contribution in [0.5, 0.6) is 0 Å². The number of amides is 1. The fourth-order valence-electron chi connectivity index (χ4n) is 2.13. The first-order valence-electron chi connectivity index (χ1n) is 7.14. The molecule has 1 amide bonds. The summed E-state index contributed by atoms with van der Waals surface area (Å²) in [6.45, 7) is 2.03. The van der Waals surface area contributed by atoms with E-state index in [4.69, 9.17) is 23.2 Å². The van der Waals surface area contributed by atoms with Crippen LogP contribution in [0.25, 0.3) is 0 Å². The van der Waals surface area contributed by atoms with Crippen molar-refractivity contribution in [3.05, 3.63) is 63.4 Å². The predicted molar refractivity (Wildman–Crippen MR) is 92.2 cm³/mol. The number of pyridine rings is 1. The van der Waals surface area contributed by atoms with E-state index in [9.17, 15) is 9.59 Å². The van der Waals surface area contributed by atoms with E-state index in [-0.39, 0.29) is 34.7 Å². The number of ether oxygens (including phenoxy) is 1. The fourth-order valence-corrected chi connectivity index (χ4v) is 2.40. The molecule has 0 N–H and O–H groups in total. The molecular weight excluding hydrogens is 351 g/mol. The van der Waals surface area contributed by atoms with Crippen LogP contribution in [0.1, 0.15) is 21.5 Å². The van der Waals surface area contributed by atoms with E-state index in [1.165, 1.54) is 24.3 Å². The second kappa shape index (κ2) is 8.13. The van der Waals surface area contributed by atoms with E-state index >= 15 is 0 Å². The molecule has 1 aromatic heterocycles. The van der Waals surface area contributed by atoms with Crippen molar-refractivity contribution in [1.29, 1.82) is 0 Å². The minimum atomic E-state index is -0.509. The summed E-state index contributed by atoms with van der Waals surface area (Å²) in [5, 5.41) is 0.295. The van der Waals surface area contributed by atoms with Crippen LogP contribution in [0.4, 0.5) is 0 Å². The van der Waals surface area contributed by atoms with Crippen LogP contribution < -0.4 is 0 Å². The highest BCUT2D eigenvalue weighted by Gasteiger charge is 2.21. The maximum atomic E-state index is 12.8. The van der Waals surface area contributed by atoms with Crippen LogP contribution in [-0.4, -0.2) is 35.4 Å². The number of aryl methyl sites for hydroxylation is 1. The molecule has 126 valence electrons. The van der Waals surface area contributed by atoms with Gasteiger partial charge in [0.15, 0.2) is 0 Å². The first kappa shape index (κ1) is 18.2. The van der Waals surface area contributed by atoms with Gasteiger partial charge in [0.05, 0.1) is 17.7 Å². The Morgan fingerprint density at radius 2 is 1.96 bits per heavy atom. The van der Waals surface area contributed by atoms with Crippen molar-refractivity contribution < 1.29 is 14.3 Å². The normalized spacial score (nSPS) is 10.3. The Kier molecular flexibility index (Phi) is 6.17. The molecule has 2 rings (SSSR count). The second-order valence-corrected chi connectivity index (χ2v) is 5.93. The molecule has 24 heavy (non-hydrogen) atoms. The van der Waals surface area contributed by atoms with E-state index in [2.05, 4.69) is 9.72 Å². The van der Waals surface area contributed by atoms with Crippen molar-refractivity contribution in [3.63, 3.8) is 0 Å². The van der Waals surface area contributed by atoms with Gasteiger partial charge in [0.1, 0.15) is 11.7 Å². The van der Waals surface area contributed by atoms with Gasteiger partial charge in [0, 0.05) is 12.7 Å². The number of rotatable bonds is 5. The third-order valence-electron chi connectivity index (χ3n) is 3.50. The Balaban J connectivity index is 2.30. The topological polar surface area (TPSA) is 59.5 Å². The predicted octanol–water partition coefficient (Wildman–Crippen LogP) is 3.51. The van der Waals surface area contributed by atoms with Crippen LogP contribution in [0, 0.1) is 6.92 Å². The molecular formula is C17H16Cl2N2O3. The zero-order chi connectivity index (χ0) is 17.7. The van der Waals surface area contributed by atoms with Gasteiger partial charge in [0.2, 0.25) is 0 Å². The second-order valence-electron chi connectivity index (χ2n) is 5.16. The molecule has 7 heteroatoms. The van der Waals surface area contributed by atoms with E-state index in [1.54, 1.807) is 0 Å². The van der Waals surface area contributed by atoms with Gasteiger partial charge in [0.25, 0.3) is 5.91 Å². The van der Waals surface area contributed by atoms with Crippen LogP contribution in [0.15, 0.2) is 36.5 Å². The van der Waals surface area contributed by atoms with E-state index in [0.717, 1.165) is 11.1 Å². The van der Waals surface area contributed by atoms with Crippen molar-refractivity contribution in [2.24, 2.45) is 0 Å². The Labute approximate surface area is 150 Å². The number of nitrogens with zero attached hydrogens (tertiary/aromatic N) is 2. The van der Waals surface area contributed by atoms with Gasteiger partial charge in [-0.3, -0.25) is 9.59 Å². The van der Waals surface area contributed by atoms with Crippen molar-refractivity contribution >= 4 is 35.1 Å². The highest BCUT2D eigenvalue weighted by atomic mass is 35.5. The molecule has 0 bridgehead atoms. The summed E-state index contributed by atoms with van der Waals surface area (Å²) in [5.41, 5.74) is 2.21. The first-order valence-corrected chi connectivity index (χ1v) is 7.89. The summed E-state index contributed by atoms with van der Waals surface area (Å²) in [6.07, 6.45) is 1.33. The summed E-state index contributed by atoms with van der Waals surface area (Å²) >= 11 is 11.7. The van der Waals surface area contributed by atoms with E-state index in [0.29, 0.717) is 0 Å². The van der Waals surface area contributed by atoms with Crippen LogP contribution in [0.3, 0.4) is 0 Å². The van der Waals surface area contributed by atoms with Gasteiger partial charge in [-0.05, 0) is 24.1 Å². The first-order chi connectivity index (χ1) is 11.4. The standard InChI is InChI=1S/C17H16Cl2N2O3/c1-11-5-3-4-6-12(11)9-21(10-15(22)24-2)17(23)13-7-14(18)16(19)20-8-13/h3-8H,9-10H2,1-2H3. The summed E-state index contributed by atoms with van der Waals surface area (Å²) in [7, 11) is 1.28. The third kappa shape index (κ3) is 4.46. The number of carbonyl (C=O) groups excluding carboxylic acids is 2. The fraction of sp³-hybridized carbons (Fsp3) is 0.235. The molecule has 0 saturated heterocycles. The average Bonchev–Trinajstić information content (AvgIpc) is 2.57. The quantitative estimate of drug-likeness (QED) is 0.599. The molecule has 0 aliphatic rings. The molecule has 0 atom stereocenters. The summed E-state index contributed by atoms with van der Waals surface area (Å²) in [6, 6.07) is 9.07. The lowest BCUT2D eigenvalue weighted by Gasteiger charge is -2.22. The maximum absolute atomic E-state index is 12.8. The third-order valence-corrected chi connectivity index (χ3v) is 4.19. The van der Waals surface area contributed by atoms with Gasteiger partial charge in [-0.2, -0.15) is 0 Å². The van der Waals surface area contributed by atoms with Gasteiger partial charge in [-0.15, -0.1) is 0 Å². The average molecular weight is 367 g/mol. The molecule has 5 nitrogen and oxygen atoms in total. The zero-order valence-electron chi connectivity index (χ0n) is 13.3. The number of esters is 1. The molecule has 2 aromatic rings. The molecule has 0 unspecified atom stereocenters. The number of hydrogen-bond donors (Lipinski definition) is 0. The minimum Gasteiger partial charge on any atom is -0.468 e. The van der Waals surface area contributed by atoms with Gasteiger partial charge in [-0.25, -0.2) is 4.98 Å². The smallest absolute Gasteiger partial charge is 0.325 e. The number of halogens is 2. The summed E-state index contributed by atoms with van der Waals surface area (Å²) in [5.74, 6) is -0.889. The van der Waals surface area contributed by atoms with Gasteiger partial charge >= 0.3 is 5.97 Å². The lowest BCUT2D eigenvalue weighted by molar-refractivity contribution is -0.141. The number of hydrogen-bond acceptors (Lipinski definition) is 4. The Morgan fingerprint density at radius 1 is 1.25 bits per heavy atom. The Hall–Kier alpha value is -2.11. The summed E-state index contributed by atoms with van der Waals surface area (Å²) in [4.78, 5) is 29.7. The number of aromatic nitrogens is 1. The monoisotopic (exact) mass is 366 g/mol. The van der Waals surface area contributed by atoms with Crippen LogP contribution >= 0.6 is 23.2 Å². The van der Waals surface area contributed by atoms with Crippen LogP contribution in [0.2, 0.25) is 10.2 Å². The van der Waals surface area contributed by atoms with E-state index < -0.39 is 5.97 Å². The highest BCUT2D eigenvalue weighted by molar-refractivity contribution is 6.41. The van der Waals surface area contributed by atoms with Crippen molar-refractivity contribution in [3.8, 4) is 0 Å². The lowest BCUT2D eigenvalue weighted by Crippen LogP contribution is -2.36. The number of methoxy groups -OCH3 is 1. The number of benzene rings is 1. The molecule has 0 saturated carbocycles. The molecule has 0 radical (unpaired) electrons. The van der Waals surface area contributed by atoms with E-state index in [1.807, 2.05) is 31.2 Å². The van der Waals surface area contributed by atoms with Crippen molar-refractivity contribution in [2.45, 2.75) is 13.5 Å².